The molecule has 9 nitrogen and oxygen atoms in total. The van der Waals surface area contributed by atoms with Crippen LogP contribution in [-0.2, 0) is 14.8 Å². The third-order valence-electron chi connectivity index (χ3n) is 3.87. The SMILES string of the molecule is Cc1cc(OC(C)C(=O)NCCNS(=O)(=O)c2cccc([N+](=O)[O-])c2)ccc1Cl. The van der Waals surface area contributed by atoms with E-state index >= 15 is 0 Å². The third-order valence-corrected chi connectivity index (χ3v) is 5.75. The molecule has 0 aromatic heterocycles. The maximum Gasteiger partial charge on any atom is 0.270 e. The Morgan fingerprint density at radius 2 is 1.97 bits per heavy atom. The van der Waals surface area contributed by atoms with E-state index in [-0.39, 0.29) is 23.7 Å². The number of nitrogens with one attached hydrogen (secondary N) is 2. The van der Waals surface area contributed by atoms with Gasteiger partial charge in [-0.05, 0) is 43.7 Å². The van der Waals surface area contributed by atoms with Crippen LogP contribution >= 0.6 is 11.6 Å². The zero-order valence-electron chi connectivity index (χ0n) is 15.7. The highest BCUT2D eigenvalue weighted by Gasteiger charge is 2.18. The topological polar surface area (TPSA) is 128 Å². The second-order valence-corrected chi connectivity index (χ2v) is 8.29. The van der Waals surface area contributed by atoms with Gasteiger partial charge in [-0.1, -0.05) is 17.7 Å². The van der Waals surface area contributed by atoms with E-state index in [1.54, 1.807) is 25.1 Å². The molecular weight excluding hydrogens is 422 g/mol. The van der Waals surface area contributed by atoms with E-state index < -0.39 is 27.0 Å². The first-order valence-corrected chi connectivity index (χ1v) is 10.4. The van der Waals surface area contributed by atoms with E-state index in [1.807, 2.05) is 6.92 Å². The van der Waals surface area contributed by atoms with E-state index in [2.05, 4.69) is 10.0 Å². The Labute approximate surface area is 173 Å². The third kappa shape index (κ3) is 6.41. The second-order valence-electron chi connectivity index (χ2n) is 6.11. The van der Waals surface area contributed by atoms with E-state index in [9.17, 15) is 23.3 Å². The summed E-state index contributed by atoms with van der Waals surface area (Å²) in [7, 11) is -3.94. The molecule has 1 amide bonds. The van der Waals surface area contributed by atoms with Crippen molar-refractivity contribution in [3.63, 3.8) is 0 Å². The normalized spacial score (nSPS) is 12.2. The lowest BCUT2D eigenvalue weighted by Crippen LogP contribution is -2.40. The number of amides is 1. The summed E-state index contributed by atoms with van der Waals surface area (Å²) in [4.78, 5) is 22.0. The fourth-order valence-corrected chi connectivity index (χ4v) is 3.50. The molecular formula is C18H20ClN3O6S. The van der Waals surface area contributed by atoms with Crippen LogP contribution in [0.4, 0.5) is 5.69 Å². The fraction of sp³-hybridized carbons (Fsp3) is 0.278. The predicted octanol–water partition coefficient (Wildman–Crippen LogP) is 2.42. The van der Waals surface area contributed by atoms with Gasteiger partial charge in [0.05, 0.1) is 9.82 Å². The van der Waals surface area contributed by atoms with Crippen molar-refractivity contribution in [3.8, 4) is 5.75 Å². The number of rotatable bonds is 9. The Morgan fingerprint density at radius 1 is 1.24 bits per heavy atom. The number of carbonyl (C=O) groups is 1. The molecule has 2 aromatic carbocycles. The lowest BCUT2D eigenvalue weighted by atomic mass is 10.2. The molecule has 11 heteroatoms. The largest absolute Gasteiger partial charge is 0.481 e. The molecule has 0 fully saturated rings. The Kier molecular flexibility index (Phi) is 7.54. The average Bonchev–Trinajstić information content (AvgIpc) is 2.68. The summed E-state index contributed by atoms with van der Waals surface area (Å²) in [6.07, 6.45) is -0.802. The molecule has 2 N–H and O–H groups in total. The minimum absolute atomic E-state index is 0.0142. The van der Waals surface area contributed by atoms with Crippen LogP contribution in [0, 0.1) is 17.0 Å². The Balaban J connectivity index is 1.84. The fourth-order valence-electron chi connectivity index (χ4n) is 2.31. The van der Waals surface area contributed by atoms with Crippen molar-refractivity contribution < 1.29 is 22.9 Å². The summed E-state index contributed by atoms with van der Waals surface area (Å²) < 4.78 is 32.2. The van der Waals surface area contributed by atoms with E-state index in [1.165, 1.54) is 18.2 Å². The first-order chi connectivity index (χ1) is 13.6. The monoisotopic (exact) mass is 441 g/mol. The molecule has 0 saturated carbocycles. The number of hydrogen-bond donors (Lipinski definition) is 2. The van der Waals surface area contributed by atoms with Gasteiger partial charge >= 0.3 is 0 Å². The molecule has 0 spiro atoms. The van der Waals surface area contributed by atoms with Gasteiger partial charge in [0.2, 0.25) is 10.0 Å². The molecule has 2 rings (SSSR count). The number of nitrogens with zero attached hydrogens (tertiary/aromatic N) is 1. The lowest BCUT2D eigenvalue weighted by molar-refractivity contribution is -0.385. The Hall–Kier alpha value is -2.69. The molecule has 0 aliphatic carbocycles. The molecule has 0 radical (unpaired) electrons. The molecule has 0 aliphatic rings. The minimum atomic E-state index is -3.94. The minimum Gasteiger partial charge on any atom is -0.481 e. The molecule has 1 atom stereocenters. The average molecular weight is 442 g/mol. The van der Waals surface area contributed by atoms with E-state index in [0.717, 1.165) is 11.6 Å². The maximum absolute atomic E-state index is 12.2. The quantitative estimate of drug-likeness (QED) is 0.349. The number of nitro benzene ring substituents is 1. The van der Waals surface area contributed by atoms with Gasteiger partial charge in [0.1, 0.15) is 5.75 Å². The first-order valence-electron chi connectivity index (χ1n) is 8.55. The summed E-state index contributed by atoms with van der Waals surface area (Å²) in [5.41, 5.74) is 0.483. The van der Waals surface area contributed by atoms with Crippen LogP contribution in [0.25, 0.3) is 0 Å². The summed E-state index contributed by atoms with van der Waals surface area (Å²) >= 11 is 5.95. The highest BCUT2D eigenvalue weighted by atomic mass is 35.5. The molecule has 0 saturated heterocycles. The lowest BCUT2D eigenvalue weighted by Gasteiger charge is -2.15. The molecule has 0 bridgehead atoms. The van der Waals surface area contributed by atoms with Crippen molar-refractivity contribution in [1.29, 1.82) is 0 Å². The molecule has 1 unspecified atom stereocenters. The highest BCUT2D eigenvalue weighted by Crippen LogP contribution is 2.22. The zero-order chi connectivity index (χ0) is 21.6. The van der Waals surface area contributed by atoms with Crippen molar-refractivity contribution in [2.24, 2.45) is 0 Å². The zero-order valence-corrected chi connectivity index (χ0v) is 17.3. The van der Waals surface area contributed by atoms with Crippen molar-refractivity contribution in [3.05, 3.63) is 63.2 Å². The summed E-state index contributed by atoms with van der Waals surface area (Å²) in [5.74, 6) is 0.0630. The van der Waals surface area contributed by atoms with E-state index in [0.29, 0.717) is 10.8 Å². The highest BCUT2D eigenvalue weighted by molar-refractivity contribution is 7.89. The number of nitro groups is 1. The van der Waals surface area contributed by atoms with Gasteiger partial charge in [0, 0.05) is 30.2 Å². The summed E-state index contributed by atoms with van der Waals surface area (Å²) in [6.45, 7) is 3.30. The van der Waals surface area contributed by atoms with Crippen LogP contribution in [0.15, 0.2) is 47.4 Å². The molecule has 156 valence electrons. The number of non-ortho nitro benzene ring substituents is 1. The van der Waals surface area contributed by atoms with Gasteiger partial charge in [0.15, 0.2) is 6.10 Å². The predicted molar refractivity (Wildman–Crippen MR) is 108 cm³/mol. The number of hydrogen-bond acceptors (Lipinski definition) is 6. The number of halogens is 1. The standard InChI is InChI=1S/C18H20ClN3O6S/c1-12-10-15(6-7-17(12)19)28-13(2)18(23)20-8-9-21-29(26,27)16-5-3-4-14(11-16)22(24)25/h3-7,10-11,13,21H,8-9H2,1-2H3,(H,20,23). The number of sulfonamides is 1. The van der Waals surface area contributed by atoms with Crippen molar-refractivity contribution in [2.75, 3.05) is 13.1 Å². The maximum atomic E-state index is 12.2. The van der Waals surface area contributed by atoms with Gasteiger partial charge in [0.25, 0.3) is 11.6 Å². The number of carbonyl (C=O) groups excluding carboxylic acids is 1. The Morgan fingerprint density at radius 3 is 2.62 bits per heavy atom. The number of ether oxygens (including phenoxy) is 1. The number of aryl methyl sites for hydroxylation is 1. The van der Waals surface area contributed by atoms with Crippen LogP contribution in [0.5, 0.6) is 5.75 Å². The molecule has 29 heavy (non-hydrogen) atoms. The summed E-state index contributed by atoms with van der Waals surface area (Å²) in [6, 6.07) is 9.71. The van der Waals surface area contributed by atoms with Gasteiger partial charge < -0.3 is 10.1 Å². The first kappa shape index (κ1) is 22.6. The van der Waals surface area contributed by atoms with E-state index in [4.69, 9.17) is 16.3 Å². The molecule has 2 aromatic rings. The van der Waals surface area contributed by atoms with Crippen LogP contribution in [0.3, 0.4) is 0 Å². The van der Waals surface area contributed by atoms with Gasteiger partial charge in [-0.3, -0.25) is 14.9 Å². The van der Waals surface area contributed by atoms with Gasteiger partial charge in [-0.15, -0.1) is 0 Å². The van der Waals surface area contributed by atoms with Crippen LogP contribution in [0.2, 0.25) is 5.02 Å². The van der Waals surface area contributed by atoms with Crippen LogP contribution in [-0.4, -0.2) is 38.4 Å². The smallest absolute Gasteiger partial charge is 0.270 e. The van der Waals surface area contributed by atoms with Crippen molar-refractivity contribution in [1.82, 2.24) is 10.0 Å². The van der Waals surface area contributed by atoms with Crippen molar-refractivity contribution >= 4 is 33.2 Å². The second kappa shape index (κ2) is 9.68. The Bertz CT molecular complexity index is 1010. The van der Waals surface area contributed by atoms with Gasteiger partial charge in [-0.25, -0.2) is 13.1 Å². The molecule has 0 heterocycles. The number of benzene rings is 2. The van der Waals surface area contributed by atoms with Gasteiger partial charge in [-0.2, -0.15) is 0 Å². The van der Waals surface area contributed by atoms with Crippen LogP contribution in [0.1, 0.15) is 12.5 Å². The molecule has 0 aliphatic heterocycles. The van der Waals surface area contributed by atoms with Crippen LogP contribution < -0.4 is 14.8 Å². The van der Waals surface area contributed by atoms with Crippen molar-refractivity contribution in [2.45, 2.75) is 24.8 Å². The summed E-state index contributed by atoms with van der Waals surface area (Å²) in [5, 5.41) is 13.9.